The average molecular weight is 381 g/mol. The Balaban J connectivity index is 1.57. The number of morpholine rings is 1. The first kappa shape index (κ1) is 20.1. The Morgan fingerprint density at radius 1 is 1.14 bits per heavy atom. The third-order valence-electron chi connectivity index (χ3n) is 4.56. The molecule has 0 aliphatic carbocycles. The minimum absolute atomic E-state index is 0.0198. The molecule has 0 saturated carbocycles. The second kappa shape index (κ2) is 9.04. The topological polar surface area (TPSA) is 41.6 Å². The van der Waals surface area contributed by atoms with E-state index in [1.807, 2.05) is 63.6 Å². The lowest BCUT2D eigenvalue weighted by Crippen LogP contribution is -2.41. The molecule has 1 N–H and O–H groups in total. The Morgan fingerprint density at radius 2 is 1.86 bits per heavy atom. The summed E-state index contributed by atoms with van der Waals surface area (Å²) < 4.78 is 6.57. The number of nitrogens with one attached hydrogen (secondary N) is 1. The van der Waals surface area contributed by atoms with Crippen molar-refractivity contribution in [3.8, 4) is 0 Å². The Bertz CT molecular complexity index is 795. The largest absolute Gasteiger partial charge is 0.372 e. The molecule has 1 aliphatic heterocycles. The Kier molecular flexibility index (Phi) is 6.49. The summed E-state index contributed by atoms with van der Waals surface area (Å²) in [7, 11) is 6.00. The summed E-state index contributed by atoms with van der Waals surface area (Å²) in [5, 5.41) is 2.96. The van der Waals surface area contributed by atoms with Gasteiger partial charge in [-0.3, -0.25) is 4.79 Å². The molecule has 2 aromatic rings. The van der Waals surface area contributed by atoms with E-state index in [-0.39, 0.29) is 12.0 Å². The molecular formula is C23H30N3O2+. The van der Waals surface area contributed by atoms with Crippen molar-refractivity contribution in [3.63, 3.8) is 0 Å². The fourth-order valence-corrected chi connectivity index (χ4v) is 3.17. The van der Waals surface area contributed by atoms with Crippen LogP contribution in [0.3, 0.4) is 0 Å². The molecule has 1 saturated heterocycles. The summed E-state index contributed by atoms with van der Waals surface area (Å²) in [5.41, 5.74) is 3.14. The molecule has 0 unspecified atom stereocenters. The molecular weight excluding hydrogens is 350 g/mol. The van der Waals surface area contributed by atoms with Gasteiger partial charge >= 0.3 is 0 Å². The first-order valence-electron chi connectivity index (χ1n) is 9.68. The maximum Gasteiger partial charge on any atom is 0.279 e. The lowest BCUT2D eigenvalue weighted by Gasteiger charge is -2.32. The van der Waals surface area contributed by atoms with Crippen molar-refractivity contribution < 1.29 is 14.0 Å². The summed E-state index contributed by atoms with van der Waals surface area (Å²) in [6.45, 7) is 2.84. The van der Waals surface area contributed by atoms with E-state index in [4.69, 9.17) is 4.74 Å². The lowest BCUT2D eigenvalue weighted by atomic mass is 10.1. The molecule has 5 heteroatoms. The van der Waals surface area contributed by atoms with Crippen molar-refractivity contribution in [1.29, 1.82) is 0 Å². The van der Waals surface area contributed by atoms with Crippen molar-refractivity contribution in [3.05, 3.63) is 71.9 Å². The number of hydrogen-bond donors (Lipinski definition) is 1. The molecule has 1 amide bonds. The number of benzene rings is 2. The maximum atomic E-state index is 12.1. The predicted molar refractivity (Wildman–Crippen MR) is 114 cm³/mol. The SMILES string of the molecule is C[N+](C)(C)CC(=O)Nc1ccc([C@H]2CN(C=Cc3ccccc3)CCO2)cc1. The zero-order valence-corrected chi connectivity index (χ0v) is 17.0. The molecule has 1 fully saturated rings. The van der Waals surface area contributed by atoms with Gasteiger partial charge in [-0.15, -0.1) is 0 Å². The van der Waals surface area contributed by atoms with Gasteiger partial charge in [0.2, 0.25) is 0 Å². The van der Waals surface area contributed by atoms with E-state index >= 15 is 0 Å². The number of carbonyl (C=O) groups is 1. The Labute approximate surface area is 167 Å². The molecule has 3 rings (SSSR count). The van der Waals surface area contributed by atoms with Gasteiger partial charge in [0.25, 0.3) is 5.91 Å². The van der Waals surface area contributed by atoms with Crippen LogP contribution < -0.4 is 5.32 Å². The van der Waals surface area contributed by atoms with E-state index in [0.717, 1.165) is 24.3 Å². The maximum absolute atomic E-state index is 12.1. The highest BCUT2D eigenvalue weighted by atomic mass is 16.5. The molecule has 0 bridgehead atoms. The summed E-state index contributed by atoms with van der Waals surface area (Å²) >= 11 is 0. The first-order valence-corrected chi connectivity index (χ1v) is 9.68. The molecule has 1 aliphatic rings. The van der Waals surface area contributed by atoms with E-state index in [1.54, 1.807) is 0 Å². The average Bonchev–Trinajstić information content (AvgIpc) is 2.66. The number of rotatable bonds is 6. The van der Waals surface area contributed by atoms with E-state index in [1.165, 1.54) is 5.56 Å². The lowest BCUT2D eigenvalue weighted by molar-refractivity contribution is -0.861. The smallest absolute Gasteiger partial charge is 0.279 e. The van der Waals surface area contributed by atoms with Crippen molar-refractivity contribution in [2.75, 3.05) is 52.7 Å². The van der Waals surface area contributed by atoms with Gasteiger partial charge in [-0.05, 0) is 35.5 Å². The number of quaternary nitrogens is 1. The van der Waals surface area contributed by atoms with Crippen LogP contribution in [0, 0.1) is 0 Å². The monoisotopic (exact) mass is 380 g/mol. The van der Waals surface area contributed by atoms with E-state index in [2.05, 4.69) is 34.6 Å². The van der Waals surface area contributed by atoms with Crippen LogP contribution in [-0.2, 0) is 9.53 Å². The molecule has 1 atom stereocenters. The van der Waals surface area contributed by atoms with Crippen LogP contribution in [0.5, 0.6) is 0 Å². The molecule has 148 valence electrons. The van der Waals surface area contributed by atoms with Gasteiger partial charge in [-0.1, -0.05) is 42.5 Å². The van der Waals surface area contributed by atoms with Gasteiger partial charge in [-0.25, -0.2) is 0 Å². The van der Waals surface area contributed by atoms with Crippen LogP contribution in [0.15, 0.2) is 60.8 Å². The van der Waals surface area contributed by atoms with Gasteiger partial charge in [0.05, 0.1) is 33.9 Å². The van der Waals surface area contributed by atoms with Crippen LogP contribution in [0.4, 0.5) is 5.69 Å². The molecule has 2 aromatic carbocycles. The molecule has 1 heterocycles. The number of carbonyl (C=O) groups excluding carboxylic acids is 1. The van der Waals surface area contributed by atoms with Crippen LogP contribution in [0.1, 0.15) is 17.2 Å². The fraction of sp³-hybridized carbons (Fsp3) is 0.348. The van der Waals surface area contributed by atoms with Gasteiger partial charge in [0.1, 0.15) is 0 Å². The van der Waals surface area contributed by atoms with Crippen LogP contribution >= 0.6 is 0 Å². The zero-order valence-electron chi connectivity index (χ0n) is 17.0. The number of amides is 1. The van der Waals surface area contributed by atoms with Crippen molar-refractivity contribution in [1.82, 2.24) is 4.90 Å². The number of nitrogens with zero attached hydrogens (tertiary/aromatic N) is 2. The van der Waals surface area contributed by atoms with Gasteiger partial charge in [0.15, 0.2) is 6.54 Å². The minimum atomic E-state index is 0.0198. The standard InChI is InChI=1S/C23H29N3O2/c1-26(2,3)18-23(27)24-21-11-9-20(10-12-21)22-17-25(15-16-28-22)14-13-19-7-5-4-6-8-19/h4-14,22H,15-18H2,1-3H3/p+1/t22-/m1/s1. The number of likely N-dealkylation sites (N-methyl/N-ethyl adjacent to an activating group) is 1. The number of hydrogen-bond acceptors (Lipinski definition) is 3. The van der Waals surface area contributed by atoms with Gasteiger partial charge in [0, 0.05) is 18.8 Å². The molecule has 28 heavy (non-hydrogen) atoms. The highest BCUT2D eigenvalue weighted by Gasteiger charge is 2.20. The third-order valence-corrected chi connectivity index (χ3v) is 4.56. The second-order valence-electron chi connectivity index (χ2n) is 8.20. The van der Waals surface area contributed by atoms with E-state index in [9.17, 15) is 4.79 Å². The van der Waals surface area contributed by atoms with Crippen molar-refractivity contribution in [2.45, 2.75) is 6.10 Å². The van der Waals surface area contributed by atoms with Crippen LogP contribution in [0.2, 0.25) is 0 Å². The van der Waals surface area contributed by atoms with Gasteiger partial charge in [-0.2, -0.15) is 0 Å². The summed E-state index contributed by atoms with van der Waals surface area (Å²) in [5.74, 6) is 0.0198. The quantitative estimate of drug-likeness (QED) is 0.781. The number of ether oxygens (including phenoxy) is 1. The van der Waals surface area contributed by atoms with Crippen LogP contribution in [0.25, 0.3) is 6.08 Å². The van der Waals surface area contributed by atoms with Crippen molar-refractivity contribution in [2.24, 2.45) is 0 Å². The first-order chi connectivity index (χ1) is 13.4. The highest BCUT2D eigenvalue weighted by molar-refractivity contribution is 5.91. The predicted octanol–water partition coefficient (Wildman–Crippen LogP) is 3.38. The van der Waals surface area contributed by atoms with E-state index < -0.39 is 0 Å². The Morgan fingerprint density at radius 3 is 2.54 bits per heavy atom. The highest BCUT2D eigenvalue weighted by Crippen LogP contribution is 2.24. The zero-order chi connectivity index (χ0) is 20.0. The van der Waals surface area contributed by atoms with Crippen LogP contribution in [-0.4, -0.2) is 62.7 Å². The van der Waals surface area contributed by atoms with Gasteiger partial charge < -0.3 is 19.4 Å². The minimum Gasteiger partial charge on any atom is -0.372 e. The third kappa shape index (κ3) is 6.22. The molecule has 5 nitrogen and oxygen atoms in total. The van der Waals surface area contributed by atoms with Crippen molar-refractivity contribution >= 4 is 17.7 Å². The normalized spacial score (nSPS) is 17.7. The molecule has 0 spiro atoms. The summed E-state index contributed by atoms with van der Waals surface area (Å²) in [6.07, 6.45) is 4.31. The Hall–Kier alpha value is -2.63. The van der Waals surface area contributed by atoms with E-state index in [0.29, 0.717) is 17.6 Å². The summed E-state index contributed by atoms with van der Waals surface area (Å²) in [6, 6.07) is 18.3. The molecule has 0 aromatic heterocycles. The second-order valence-corrected chi connectivity index (χ2v) is 8.20. The summed E-state index contributed by atoms with van der Waals surface area (Å²) in [4.78, 5) is 14.4. The number of anilines is 1. The molecule has 0 radical (unpaired) electrons. The fourth-order valence-electron chi connectivity index (χ4n) is 3.17.